The molecule has 0 radical (unpaired) electrons. The summed E-state index contributed by atoms with van der Waals surface area (Å²) in [5.41, 5.74) is 5.06. The van der Waals surface area contributed by atoms with Crippen molar-refractivity contribution in [2.45, 2.75) is 0 Å². The Kier molecular flexibility index (Phi) is 17.1. The Bertz CT molecular complexity index is 96.2. The average Bonchev–Trinajstić information content (AvgIpc) is 1.89. The molecule has 4 nitrogen and oxygen atoms in total. The van der Waals surface area contributed by atoms with Crippen molar-refractivity contribution < 1.29 is 26.4 Å². The number of carboxylic acid groups (broad SMARTS) is 1. The average molecular weight is 384 g/mol. The van der Waals surface area contributed by atoms with Crippen LogP contribution in [0.4, 0.5) is 0 Å². The topological polar surface area (TPSA) is 75.3 Å². The fourth-order valence-electron chi connectivity index (χ4n) is 0.297. The number of carboxylic acids is 1. The predicted molar refractivity (Wildman–Crippen MR) is 41.3 cm³/mol. The van der Waals surface area contributed by atoms with Gasteiger partial charge in [-0.25, -0.2) is 0 Å². The third kappa shape index (κ3) is 25.0. The number of halogens is 2. The van der Waals surface area contributed by atoms with Crippen LogP contribution in [0.1, 0.15) is 0 Å². The van der Waals surface area contributed by atoms with Crippen LogP contribution in [0.3, 0.4) is 0 Å². The van der Waals surface area contributed by atoms with Gasteiger partial charge in [0.05, 0.1) is 6.54 Å². The van der Waals surface area contributed by atoms with Crippen molar-refractivity contribution in [2.24, 2.45) is 5.73 Å². The van der Waals surface area contributed by atoms with E-state index in [1.54, 1.807) is 0 Å². The third-order valence-electron chi connectivity index (χ3n) is 0.597. The summed E-state index contributed by atoms with van der Waals surface area (Å²) in [4.78, 5) is 9.77. The molecule has 0 aliphatic heterocycles. The predicted octanol–water partition coefficient (Wildman–Crippen LogP) is -0.00420. The van der Waals surface area contributed by atoms with E-state index in [0.29, 0.717) is 13.1 Å². The third-order valence-corrected chi connectivity index (χ3v) is 0.597. The molecule has 70 valence electrons. The van der Waals surface area contributed by atoms with Crippen molar-refractivity contribution in [1.82, 2.24) is 5.32 Å². The van der Waals surface area contributed by atoms with Crippen LogP contribution in [0, 0.1) is 0 Å². The van der Waals surface area contributed by atoms with Gasteiger partial charge in [-0.1, -0.05) is 0 Å². The number of carbonyl (C=O) groups is 1. The van der Waals surface area contributed by atoms with Crippen molar-refractivity contribution in [3.8, 4) is 0 Å². The first-order valence-corrected chi connectivity index (χ1v) is 8.27. The van der Waals surface area contributed by atoms with Crippen molar-refractivity contribution in [1.29, 1.82) is 0 Å². The zero-order valence-electron chi connectivity index (χ0n) is 5.63. The SMILES string of the molecule is NCCNCC(=O)O.[Cl][Pt+2][Cl]. The molecule has 11 heavy (non-hydrogen) atoms. The van der Waals surface area contributed by atoms with Gasteiger partial charge in [-0.3, -0.25) is 4.79 Å². The molecule has 0 amide bonds. The molecule has 0 aliphatic carbocycles. The molecule has 7 heteroatoms. The molecular weight excluding hydrogens is 374 g/mol. The van der Waals surface area contributed by atoms with Crippen molar-refractivity contribution in [3.05, 3.63) is 0 Å². The van der Waals surface area contributed by atoms with E-state index in [1.165, 1.54) is 0 Å². The fraction of sp³-hybridized carbons (Fsp3) is 0.750. The second-order valence-corrected chi connectivity index (χ2v) is 4.69. The van der Waals surface area contributed by atoms with E-state index >= 15 is 0 Å². The Balaban J connectivity index is 0. The Hall–Kier alpha value is 0.658. The molecule has 0 aromatic heterocycles. The number of nitrogens with one attached hydrogen (secondary N) is 1. The van der Waals surface area contributed by atoms with Gasteiger partial charge in [-0.15, -0.1) is 0 Å². The summed E-state index contributed by atoms with van der Waals surface area (Å²) in [6.45, 7) is 1.04. The van der Waals surface area contributed by atoms with E-state index in [-0.39, 0.29) is 6.54 Å². The molecular formula is C4H10Cl2N2O2Pt+2. The van der Waals surface area contributed by atoms with E-state index in [0.717, 1.165) is 0 Å². The minimum absolute atomic E-state index is 0.00278. The molecule has 0 aromatic rings. The molecule has 0 atom stereocenters. The molecule has 4 N–H and O–H groups in total. The van der Waals surface area contributed by atoms with Crippen LogP contribution in [0.2, 0.25) is 0 Å². The van der Waals surface area contributed by atoms with E-state index in [2.05, 4.69) is 5.32 Å². The van der Waals surface area contributed by atoms with Gasteiger partial charge in [-0.2, -0.15) is 0 Å². The summed E-state index contributed by atoms with van der Waals surface area (Å²) in [5, 5.41) is 10.6. The van der Waals surface area contributed by atoms with Gasteiger partial charge >= 0.3 is 41.3 Å². The standard InChI is InChI=1S/C4H10N2O2.2ClH.Pt/c5-1-2-6-3-4(7)8;;;/h6H,1-3,5H2,(H,7,8);2*1H;/q;;;+4/p-2. The fourth-order valence-corrected chi connectivity index (χ4v) is 0.297. The van der Waals surface area contributed by atoms with Crippen LogP contribution >= 0.6 is 18.8 Å². The van der Waals surface area contributed by atoms with Gasteiger partial charge < -0.3 is 16.2 Å². The summed E-state index contributed by atoms with van der Waals surface area (Å²) in [7, 11) is 9.75. The van der Waals surface area contributed by atoms with E-state index in [9.17, 15) is 4.79 Å². The van der Waals surface area contributed by atoms with E-state index in [4.69, 9.17) is 29.7 Å². The quantitative estimate of drug-likeness (QED) is 0.597. The van der Waals surface area contributed by atoms with Gasteiger partial charge in [0.2, 0.25) is 0 Å². The second kappa shape index (κ2) is 13.3. The first-order valence-electron chi connectivity index (χ1n) is 2.64. The zero-order chi connectivity index (χ0) is 9.11. The first kappa shape index (κ1) is 14.2. The number of rotatable bonds is 4. The van der Waals surface area contributed by atoms with Crippen molar-refractivity contribution in [2.75, 3.05) is 19.6 Å². The molecule has 0 aliphatic rings. The van der Waals surface area contributed by atoms with E-state index in [1.807, 2.05) is 0 Å². The van der Waals surface area contributed by atoms with Crippen molar-refractivity contribution >= 4 is 24.8 Å². The van der Waals surface area contributed by atoms with Crippen LogP contribution < -0.4 is 11.1 Å². The number of hydrogen-bond acceptors (Lipinski definition) is 3. The molecule has 0 bridgehead atoms. The summed E-state index contributed by atoms with van der Waals surface area (Å²) in [5.74, 6) is -0.849. The molecule has 0 spiro atoms. The zero-order valence-corrected chi connectivity index (χ0v) is 9.41. The second-order valence-electron chi connectivity index (χ2n) is 1.40. The Labute approximate surface area is 81.8 Å². The summed E-state index contributed by atoms with van der Waals surface area (Å²) in [6, 6.07) is 0. The van der Waals surface area contributed by atoms with Gasteiger partial charge in [0.1, 0.15) is 0 Å². The van der Waals surface area contributed by atoms with Crippen LogP contribution in [0.15, 0.2) is 0 Å². The van der Waals surface area contributed by atoms with Gasteiger partial charge in [0.15, 0.2) is 0 Å². The van der Waals surface area contributed by atoms with Crippen LogP contribution in [-0.4, -0.2) is 30.7 Å². The molecule has 0 fully saturated rings. The first-order chi connectivity index (χ1) is 5.18. The minimum atomic E-state index is -0.849. The molecule has 0 unspecified atom stereocenters. The van der Waals surface area contributed by atoms with Gasteiger partial charge in [-0.05, 0) is 0 Å². The van der Waals surface area contributed by atoms with Gasteiger partial charge in [0, 0.05) is 13.1 Å². The number of nitrogens with two attached hydrogens (primary N) is 1. The Morgan fingerprint density at radius 2 is 2.09 bits per heavy atom. The molecule has 0 rings (SSSR count). The van der Waals surface area contributed by atoms with Gasteiger partial charge in [0.25, 0.3) is 0 Å². The Morgan fingerprint density at radius 3 is 2.36 bits per heavy atom. The van der Waals surface area contributed by atoms with Crippen LogP contribution in [0.5, 0.6) is 0 Å². The maximum absolute atomic E-state index is 9.77. The number of hydrogen-bond donors (Lipinski definition) is 3. The summed E-state index contributed by atoms with van der Waals surface area (Å²) < 4.78 is 0. The Morgan fingerprint density at radius 1 is 1.64 bits per heavy atom. The maximum atomic E-state index is 9.77. The molecule has 0 saturated carbocycles. The summed E-state index contributed by atoms with van der Waals surface area (Å²) in [6.07, 6.45) is 0. The number of aliphatic carboxylic acids is 1. The van der Waals surface area contributed by atoms with Crippen LogP contribution in [-0.2, 0) is 21.3 Å². The normalized spacial score (nSPS) is 8.64. The van der Waals surface area contributed by atoms with Crippen molar-refractivity contribution in [3.63, 3.8) is 0 Å². The monoisotopic (exact) mass is 383 g/mol. The molecule has 0 heterocycles. The molecule has 0 saturated heterocycles. The van der Waals surface area contributed by atoms with E-state index < -0.39 is 22.5 Å². The molecule has 0 aromatic carbocycles. The summed E-state index contributed by atoms with van der Waals surface area (Å²) >= 11 is -0.472. The van der Waals surface area contributed by atoms with Crippen LogP contribution in [0.25, 0.3) is 0 Å².